The van der Waals surface area contributed by atoms with Crippen molar-refractivity contribution in [2.24, 2.45) is 0 Å². The molecule has 1 rings (SSSR count). The third kappa shape index (κ3) is 2.82. The molecule has 0 N–H and O–H groups in total. The highest BCUT2D eigenvalue weighted by Crippen LogP contribution is 2.13. The van der Waals surface area contributed by atoms with E-state index in [2.05, 4.69) is 9.97 Å². The van der Waals surface area contributed by atoms with Gasteiger partial charge in [0.25, 0.3) is 0 Å². The molecule has 1 unspecified atom stereocenters. The van der Waals surface area contributed by atoms with Crippen LogP contribution in [0, 0.1) is 0 Å². The van der Waals surface area contributed by atoms with Crippen molar-refractivity contribution in [1.82, 2.24) is 9.97 Å². The number of hydrogen-bond donors (Lipinski definition) is 0. The van der Waals surface area contributed by atoms with E-state index < -0.39 is 0 Å². The second kappa shape index (κ2) is 5.12. The number of hydrogen-bond acceptors (Lipinski definition) is 4. The van der Waals surface area contributed by atoms with Crippen LogP contribution in [0.4, 0.5) is 5.82 Å². The maximum atomic E-state index is 5.74. The number of nitrogens with zero attached hydrogens (tertiary/aromatic N) is 3. The van der Waals surface area contributed by atoms with Crippen molar-refractivity contribution in [3.63, 3.8) is 0 Å². The molecule has 1 aromatic heterocycles. The Morgan fingerprint density at radius 1 is 1.57 bits per heavy atom. The first-order chi connectivity index (χ1) is 6.65. The van der Waals surface area contributed by atoms with E-state index in [0.717, 1.165) is 5.82 Å². The highest BCUT2D eigenvalue weighted by Gasteiger charge is 2.11. The van der Waals surface area contributed by atoms with E-state index in [4.69, 9.17) is 16.3 Å². The summed E-state index contributed by atoms with van der Waals surface area (Å²) in [5, 5.41) is 0.402. The van der Waals surface area contributed by atoms with Crippen LogP contribution in [0.15, 0.2) is 12.4 Å². The van der Waals surface area contributed by atoms with Crippen LogP contribution in [0.3, 0.4) is 0 Å². The summed E-state index contributed by atoms with van der Waals surface area (Å²) in [6.45, 7) is 2.69. The molecule has 0 saturated heterocycles. The molecule has 0 aliphatic rings. The maximum absolute atomic E-state index is 5.74. The average molecular weight is 216 g/mol. The van der Waals surface area contributed by atoms with Crippen LogP contribution in [0.2, 0.25) is 5.15 Å². The highest BCUT2D eigenvalue weighted by molar-refractivity contribution is 6.29. The molecule has 0 saturated carbocycles. The fourth-order valence-electron chi connectivity index (χ4n) is 1.08. The number of likely N-dealkylation sites (N-methyl/N-ethyl adjacent to an activating group) is 1. The van der Waals surface area contributed by atoms with Crippen LogP contribution in [-0.4, -0.2) is 36.8 Å². The fourth-order valence-corrected chi connectivity index (χ4v) is 1.22. The number of ether oxygens (including phenoxy) is 1. The third-order valence-corrected chi connectivity index (χ3v) is 2.20. The summed E-state index contributed by atoms with van der Waals surface area (Å²) in [5.41, 5.74) is 0. The van der Waals surface area contributed by atoms with Gasteiger partial charge in [0.2, 0.25) is 0 Å². The van der Waals surface area contributed by atoms with Gasteiger partial charge in [-0.25, -0.2) is 4.98 Å². The van der Waals surface area contributed by atoms with Gasteiger partial charge in [0, 0.05) is 14.2 Å². The van der Waals surface area contributed by atoms with Crippen LogP contribution in [-0.2, 0) is 4.74 Å². The van der Waals surface area contributed by atoms with Crippen LogP contribution < -0.4 is 4.90 Å². The minimum atomic E-state index is 0.243. The predicted octanol–water partition coefficient (Wildman–Crippen LogP) is 1.60. The van der Waals surface area contributed by atoms with Crippen LogP contribution in [0.1, 0.15) is 6.92 Å². The van der Waals surface area contributed by atoms with Crippen LogP contribution in [0.5, 0.6) is 0 Å². The molecule has 0 aliphatic heterocycles. The molecular weight excluding hydrogens is 202 g/mol. The molecule has 1 atom stereocenters. The molecular formula is C9H14ClN3O. The van der Waals surface area contributed by atoms with E-state index in [1.807, 2.05) is 18.9 Å². The largest absolute Gasteiger partial charge is 0.383 e. The summed E-state index contributed by atoms with van der Waals surface area (Å²) < 4.78 is 5.05. The first kappa shape index (κ1) is 11.2. The summed E-state index contributed by atoms with van der Waals surface area (Å²) in [6.07, 6.45) is 3.19. The topological polar surface area (TPSA) is 38.2 Å². The van der Waals surface area contributed by atoms with Gasteiger partial charge in [-0.1, -0.05) is 11.6 Å². The Morgan fingerprint density at radius 2 is 2.29 bits per heavy atom. The van der Waals surface area contributed by atoms with Gasteiger partial charge in [-0.3, -0.25) is 4.98 Å². The summed E-state index contributed by atoms with van der Waals surface area (Å²) in [7, 11) is 3.61. The molecule has 0 fully saturated rings. The monoisotopic (exact) mass is 215 g/mol. The molecule has 1 heterocycles. The van der Waals surface area contributed by atoms with E-state index in [1.54, 1.807) is 13.3 Å². The van der Waals surface area contributed by atoms with Crippen LogP contribution >= 0.6 is 11.6 Å². The lowest BCUT2D eigenvalue weighted by Crippen LogP contribution is -2.33. The fraction of sp³-hybridized carbons (Fsp3) is 0.556. The Hall–Kier alpha value is -0.870. The summed E-state index contributed by atoms with van der Waals surface area (Å²) >= 11 is 5.74. The van der Waals surface area contributed by atoms with E-state index in [1.165, 1.54) is 6.20 Å². The lowest BCUT2D eigenvalue weighted by molar-refractivity contribution is 0.183. The van der Waals surface area contributed by atoms with E-state index in [9.17, 15) is 0 Å². The van der Waals surface area contributed by atoms with Crippen molar-refractivity contribution >= 4 is 17.4 Å². The minimum Gasteiger partial charge on any atom is -0.383 e. The summed E-state index contributed by atoms with van der Waals surface area (Å²) in [4.78, 5) is 10.1. The SMILES string of the molecule is COCC(C)N(C)c1cncc(Cl)n1. The normalized spacial score (nSPS) is 12.6. The molecule has 0 aliphatic carbocycles. The van der Waals surface area contributed by atoms with Crippen molar-refractivity contribution in [1.29, 1.82) is 0 Å². The molecule has 4 nitrogen and oxygen atoms in total. The Bertz CT molecular complexity index is 295. The predicted molar refractivity (Wildman–Crippen MR) is 56.8 cm³/mol. The lowest BCUT2D eigenvalue weighted by Gasteiger charge is -2.24. The van der Waals surface area contributed by atoms with Gasteiger partial charge in [0.1, 0.15) is 11.0 Å². The van der Waals surface area contributed by atoms with E-state index in [-0.39, 0.29) is 6.04 Å². The number of rotatable bonds is 4. The highest BCUT2D eigenvalue weighted by atomic mass is 35.5. The Kier molecular flexibility index (Phi) is 4.10. The third-order valence-electron chi connectivity index (χ3n) is 2.02. The molecule has 14 heavy (non-hydrogen) atoms. The second-order valence-corrected chi connectivity index (χ2v) is 3.50. The number of methoxy groups -OCH3 is 1. The molecule has 5 heteroatoms. The van der Waals surface area contributed by atoms with Gasteiger partial charge in [0.05, 0.1) is 25.0 Å². The lowest BCUT2D eigenvalue weighted by atomic mass is 10.3. The molecule has 0 radical (unpaired) electrons. The smallest absolute Gasteiger partial charge is 0.149 e. The van der Waals surface area contributed by atoms with Crippen molar-refractivity contribution in [3.8, 4) is 0 Å². The molecule has 1 aromatic rings. The zero-order chi connectivity index (χ0) is 10.6. The Morgan fingerprint density at radius 3 is 2.86 bits per heavy atom. The number of anilines is 1. The number of aromatic nitrogens is 2. The Balaban J connectivity index is 2.73. The average Bonchev–Trinajstić information content (AvgIpc) is 2.17. The quantitative estimate of drug-likeness (QED) is 0.765. The van der Waals surface area contributed by atoms with Gasteiger partial charge in [-0.05, 0) is 6.92 Å². The first-order valence-corrected chi connectivity index (χ1v) is 4.72. The molecule has 0 amide bonds. The van der Waals surface area contributed by atoms with Crippen molar-refractivity contribution in [2.45, 2.75) is 13.0 Å². The van der Waals surface area contributed by atoms with Gasteiger partial charge in [-0.2, -0.15) is 0 Å². The maximum Gasteiger partial charge on any atom is 0.149 e. The van der Waals surface area contributed by atoms with Crippen LogP contribution in [0.25, 0.3) is 0 Å². The molecule has 0 spiro atoms. The van der Waals surface area contributed by atoms with Crippen molar-refractivity contribution in [3.05, 3.63) is 17.5 Å². The minimum absolute atomic E-state index is 0.243. The van der Waals surface area contributed by atoms with Gasteiger partial charge in [-0.15, -0.1) is 0 Å². The Labute approximate surface area is 88.9 Å². The molecule has 78 valence electrons. The first-order valence-electron chi connectivity index (χ1n) is 4.34. The summed E-state index contributed by atoms with van der Waals surface area (Å²) in [5.74, 6) is 0.752. The number of halogens is 1. The zero-order valence-electron chi connectivity index (χ0n) is 8.57. The summed E-state index contributed by atoms with van der Waals surface area (Å²) in [6, 6.07) is 0.243. The van der Waals surface area contributed by atoms with Crippen molar-refractivity contribution in [2.75, 3.05) is 25.7 Å². The molecule has 0 aromatic carbocycles. The second-order valence-electron chi connectivity index (χ2n) is 3.12. The standard InChI is InChI=1S/C9H14ClN3O/c1-7(6-14-3)13(2)9-5-11-4-8(10)12-9/h4-5,7H,6H2,1-3H3. The van der Waals surface area contributed by atoms with Gasteiger partial charge >= 0.3 is 0 Å². The molecule has 0 bridgehead atoms. The van der Waals surface area contributed by atoms with E-state index in [0.29, 0.717) is 11.8 Å². The van der Waals surface area contributed by atoms with Gasteiger partial charge < -0.3 is 9.64 Å². The zero-order valence-corrected chi connectivity index (χ0v) is 9.32. The van der Waals surface area contributed by atoms with Gasteiger partial charge in [0.15, 0.2) is 0 Å². The van der Waals surface area contributed by atoms with E-state index >= 15 is 0 Å². The van der Waals surface area contributed by atoms with Crippen molar-refractivity contribution < 1.29 is 4.74 Å².